The van der Waals surface area contributed by atoms with Crippen LogP contribution in [-0.4, -0.2) is 13.7 Å². The van der Waals surface area contributed by atoms with Crippen LogP contribution in [0.4, 0.5) is 5.69 Å². The average Bonchev–Trinajstić information content (AvgIpc) is 2.15. The molecular formula is C10H16N2O2S2. The number of nitrogen functional groups attached to an aromatic ring is 1. The molecule has 0 aromatic heterocycles. The maximum Gasteiger partial charge on any atom is 0.240 e. The molecule has 1 atom stereocenters. The van der Waals surface area contributed by atoms with Gasteiger partial charge in [0.2, 0.25) is 10.0 Å². The zero-order chi connectivity index (χ0) is 12.3. The quantitative estimate of drug-likeness (QED) is 0.638. The zero-order valence-corrected chi connectivity index (χ0v) is 10.9. The molecule has 0 bridgehead atoms. The van der Waals surface area contributed by atoms with Gasteiger partial charge in [-0.25, -0.2) is 13.6 Å². The number of hydrogen-bond donors (Lipinski definition) is 2. The van der Waals surface area contributed by atoms with Gasteiger partial charge in [0.1, 0.15) is 4.90 Å². The molecule has 0 aliphatic rings. The van der Waals surface area contributed by atoms with E-state index >= 15 is 0 Å². The molecule has 0 amide bonds. The fourth-order valence-corrected chi connectivity index (χ4v) is 2.79. The molecule has 1 rings (SSSR count). The Hall–Kier alpha value is -0.720. The Balaban J connectivity index is 3.01. The van der Waals surface area contributed by atoms with Gasteiger partial charge in [-0.05, 0) is 24.6 Å². The lowest BCUT2D eigenvalue weighted by molar-refractivity contribution is 0.598. The topological polar surface area (TPSA) is 86.2 Å². The highest BCUT2D eigenvalue weighted by Crippen LogP contribution is 2.29. The molecule has 1 unspecified atom stereocenters. The lowest BCUT2D eigenvalue weighted by Gasteiger charge is -2.10. The summed E-state index contributed by atoms with van der Waals surface area (Å²) in [6.45, 7) is 4.20. The smallest absolute Gasteiger partial charge is 0.240 e. The minimum absolute atomic E-state index is 0.0130. The second kappa shape index (κ2) is 5.07. The van der Waals surface area contributed by atoms with E-state index in [1.165, 1.54) is 6.07 Å². The van der Waals surface area contributed by atoms with E-state index in [1.54, 1.807) is 23.9 Å². The van der Waals surface area contributed by atoms with E-state index in [2.05, 4.69) is 13.8 Å². The van der Waals surface area contributed by atoms with E-state index in [9.17, 15) is 8.42 Å². The molecule has 0 aliphatic carbocycles. The minimum atomic E-state index is -3.72. The molecule has 0 heterocycles. The summed E-state index contributed by atoms with van der Waals surface area (Å²) in [5.74, 6) is 0. The lowest BCUT2D eigenvalue weighted by Crippen LogP contribution is -2.14. The van der Waals surface area contributed by atoms with Crippen molar-refractivity contribution in [1.82, 2.24) is 0 Å². The van der Waals surface area contributed by atoms with Gasteiger partial charge in [-0.1, -0.05) is 13.8 Å². The summed E-state index contributed by atoms with van der Waals surface area (Å²) in [5, 5.41) is 5.49. The van der Waals surface area contributed by atoms with E-state index < -0.39 is 10.0 Å². The maximum atomic E-state index is 11.1. The Bertz CT molecular complexity index is 472. The number of thioether (sulfide) groups is 1. The van der Waals surface area contributed by atoms with Gasteiger partial charge in [-0.15, -0.1) is 11.8 Å². The van der Waals surface area contributed by atoms with Crippen molar-refractivity contribution in [2.45, 2.75) is 35.3 Å². The van der Waals surface area contributed by atoms with Crippen LogP contribution in [0.2, 0.25) is 0 Å². The maximum absolute atomic E-state index is 11.1. The Kier molecular flexibility index (Phi) is 4.23. The standard InChI is InChI=1S/C10H16N2O2S2/c1-3-7(2)15-8-4-5-10(9(11)6-8)16(12,13)14/h4-7H,3,11H2,1-2H3,(H2,12,13,14). The van der Waals surface area contributed by atoms with Gasteiger partial charge in [0.05, 0.1) is 5.69 Å². The highest BCUT2D eigenvalue weighted by molar-refractivity contribution is 8.00. The molecule has 1 aromatic carbocycles. The van der Waals surface area contributed by atoms with E-state index in [-0.39, 0.29) is 10.6 Å². The summed E-state index contributed by atoms with van der Waals surface area (Å²) < 4.78 is 22.3. The van der Waals surface area contributed by atoms with Crippen LogP contribution in [0.3, 0.4) is 0 Å². The number of primary sulfonamides is 1. The van der Waals surface area contributed by atoms with Gasteiger partial charge in [0, 0.05) is 10.1 Å². The number of benzene rings is 1. The van der Waals surface area contributed by atoms with Crippen LogP contribution in [0.25, 0.3) is 0 Å². The van der Waals surface area contributed by atoms with Crippen LogP contribution in [0.15, 0.2) is 28.0 Å². The predicted molar refractivity (Wildman–Crippen MR) is 67.8 cm³/mol. The normalized spacial score (nSPS) is 13.7. The number of sulfonamides is 1. The van der Waals surface area contributed by atoms with Crippen LogP contribution in [0.1, 0.15) is 20.3 Å². The Morgan fingerprint density at radius 3 is 2.50 bits per heavy atom. The minimum Gasteiger partial charge on any atom is -0.398 e. The monoisotopic (exact) mass is 260 g/mol. The van der Waals surface area contributed by atoms with Gasteiger partial charge in [0.25, 0.3) is 0 Å². The molecule has 0 spiro atoms. The van der Waals surface area contributed by atoms with Crippen molar-refractivity contribution in [2.24, 2.45) is 5.14 Å². The van der Waals surface area contributed by atoms with Crippen molar-refractivity contribution in [1.29, 1.82) is 0 Å². The molecule has 1 aromatic rings. The third-order valence-electron chi connectivity index (χ3n) is 2.20. The Morgan fingerprint density at radius 1 is 1.44 bits per heavy atom. The molecule has 16 heavy (non-hydrogen) atoms. The highest BCUT2D eigenvalue weighted by Gasteiger charge is 2.13. The summed E-state index contributed by atoms with van der Waals surface area (Å²) in [7, 11) is -3.72. The fraction of sp³-hybridized carbons (Fsp3) is 0.400. The first-order valence-electron chi connectivity index (χ1n) is 4.93. The molecule has 4 nitrogen and oxygen atoms in total. The summed E-state index contributed by atoms with van der Waals surface area (Å²) in [4.78, 5) is 0.945. The van der Waals surface area contributed by atoms with E-state index in [4.69, 9.17) is 10.9 Å². The van der Waals surface area contributed by atoms with Gasteiger partial charge < -0.3 is 5.73 Å². The van der Waals surface area contributed by atoms with Crippen LogP contribution < -0.4 is 10.9 Å². The molecule has 0 fully saturated rings. The predicted octanol–water partition coefficient (Wildman–Crippen LogP) is 1.81. The molecule has 6 heteroatoms. The first-order valence-corrected chi connectivity index (χ1v) is 7.36. The largest absolute Gasteiger partial charge is 0.398 e. The molecule has 4 N–H and O–H groups in total. The first kappa shape index (κ1) is 13.3. The zero-order valence-electron chi connectivity index (χ0n) is 9.30. The van der Waals surface area contributed by atoms with Crippen LogP contribution >= 0.6 is 11.8 Å². The number of nitrogens with two attached hydrogens (primary N) is 2. The summed E-state index contributed by atoms with van der Waals surface area (Å²) in [6, 6.07) is 4.83. The van der Waals surface area contributed by atoms with Crippen molar-refractivity contribution in [3.63, 3.8) is 0 Å². The highest BCUT2D eigenvalue weighted by atomic mass is 32.2. The van der Waals surface area contributed by atoms with Gasteiger partial charge >= 0.3 is 0 Å². The van der Waals surface area contributed by atoms with Crippen LogP contribution in [-0.2, 0) is 10.0 Å². The second-order valence-electron chi connectivity index (χ2n) is 3.58. The van der Waals surface area contributed by atoms with Crippen molar-refractivity contribution in [2.75, 3.05) is 5.73 Å². The summed E-state index contributed by atoms with van der Waals surface area (Å²) in [5.41, 5.74) is 5.86. The average molecular weight is 260 g/mol. The number of hydrogen-bond acceptors (Lipinski definition) is 4. The van der Waals surface area contributed by atoms with Gasteiger partial charge in [0.15, 0.2) is 0 Å². The van der Waals surface area contributed by atoms with Crippen LogP contribution in [0, 0.1) is 0 Å². The summed E-state index contributed by atoms with van der Waals surface area (Å²) in [6.07, 6.45) is 1.04. The third kappa shape index (κ3) is 3.40. The van der Waals surface area contributed by atoms with E-state index in [0.29, 0.717) is 5.25 Å². The van der Waals surface area contributed by atoms with E-state index in [1.807, 2.05) is 0 Å². The van der Waals surface area contributed by atoms with Crippen LogP contribution in [0.5, 0.6) is 0 Å². The van der Waals surface area contributed by atoms with Crippen molar-refractivity contribution in [3.05, 3.63) is 18.2 Å². The third-order valence-corrected chi connectivity index (χ3v) is 4.45. The summed E-state index contributed by atoms with van der Waals surface area (Å²) >= 11 is 1.66. The Labute approximate surface area is 100 Å². The lowest BCUT2D eigenvalue weighted by atomic mass is 10.3. The van der Waals surface area contributed by atoms with E-state index in [0.717, 1.165) is 11.3 Å². The van der Waals surface area contributed by atoms with Crippen molar-refractivity contribution >= 4 is 27.5 Å². The van der Waals surface area contributed by atoms with Crippen molar-refractivity contribution < 1.29 is 8.42 Å². The fourth-order valence-electron chi connectivity index (χ4n) is 1.17. The van der Waals surface area contributed by atoms with Gasteiger partial charge in [-0.3, -0.25) is 0 Å². The van der Waals surface area contributed by atoms with Crippen molar-refractivity contribution in [3.8, 4) is 0 Å². The number of anilines is 1. The van der Waals surface area contributed by atoms with Gasteiger partial charge in [-0.2, -0.15) is 0 Å². The molecule has 0 aliphatic heterocycles. The first-order chi connectivity index (χ1) is 7.34. The second-order valence-corrected chi connectivity index (χ2v) is 6.62. The molecule has 0 saturated carbocycles. The molecule has 90 valence electrons. The molecule has 0 saturated heterocycles. The Morgan fingerprint density at radius 2 is 2.06 bits per heavy atom. The molecular weight excluding hydrogens is 244 g/mol. The number of rotatable bonds is 4. The SMILES string of the molecule is CCC(C)Sc1ccc(S(N)(=O)=O)c(N)c1. The molecule has 0 radical (unpaired) electrons.